The van der Waals surface area contributed by atoms with E-state index in [0.717, 1.165) is 11.4 Å². The number of benzene rings is 1. The van der Waals surface area contributed by atoms with E-state index < -0.39 is 13.0 Å². The molecule has 1 aromatic heterocycles. The van der Waals surface area contributed by atoms with Crippen molar-refractivity contribution in [1.82, 2.24) is 4.98 Å². The molecule has 0 saturated heterocycles. The standard InChI is InChI=1S/C18H22F2N4O2/c1-12(2)26-15-7-5-14(6-8-15)24-18(21)23-10-13-4-3-9-22-17(13)25-11-16(19)20/h3-9,12,16H,10-11H2,1-2H3,(H3,21,23,24). The molecule has 6 nitrogen and oxygen atoms in total. The number of hydrogen-bond acceptors (Lipinski definition) is 4. The molecule has 0 unspecified atom stereocenters. The fraction of sp³-hybridized carbons (Fsp3) is 0.333. The maximum atomic E-state index is 12.3. The van der Waals surface area contributed by atoms with Crippen LogP contribution in [0.5, 0.6) is 11.6 Å². The van der Waals surface area contributed by atoms with Crippen molar-refractivity contribution in [1.29, 1.82) is 0 Å². The number of hydrogen-bond donors (Lipinski definition) is 2. The lowest BCUT2D eigenvalue weighted by Crippen LogP contribution is -2.22. The molecular formula is C18H22F2N4O2. The first-order valence-corrected chi connectivity index (χ1v) is 8.12. The van der Waals surface area contributed by atoms with Crippen LogP contribution in [0, 0.1) is 0 Å². The third-order valence-corrected chi connectivity index (χ3v) is 3.11. The largest absolute Gasteiger partial charge is 0.491 e. The van der Waals surface area contributed by atoms with Gasteiger partial charge in [-0.15, -0.1) is 0 Å². The molecular weight excluding hydrogens is 342 g/mol. The first-order chi connectivity index (χ1) is 12.4. The van der Waals surface area contributed by atoms with Crippen LogP contribution in [0.25, 0.3) is 0 Å². The van der Waals surface area contributed by atoms with Crippen LogP contribution in [0.2, 0.25) is 0 Å². The first kappa shape index (κ1) is 19.4. The minimum atomic E-state index is -2.57. The van der Waals surface area contributed by atoms with E-state index in [9.17, 15) is 8.78 Å². The summed E-state index contributed by atoms with van der Waals surface area (Å²) in [6.07, 6.45) is -1.000. The zero-order chi connectivity index (χ0) is 18.9. The van der Waals surface area contributed by atoms with E-state index in [4.69, 9.17) is 15.2 Å². The number of pyridine rings is 1. The third kappa shape index (κ3) is 6.54. The summed E-state index contributed by atoms with van der Waals surface area (Å²) in [6, 6.07) is 10.7. The van der Waals surface area contributed by atoms with Gasteiger partial charge in [0.15, 0.2) is 12.6 Å². The van der Waals surface area contributed by atoms with Gasteiger partial charge in [-0.25, -0.2) is 18.8 Å². The summed E-state index contributed by atoms with van der Waals surface area (Å²) in [5, 5.41) is 2.95. The highest BCUT2D eigenvalue weighted by molar-refractivity contribution is 5.92. The SMILES string of the molecule is CC(C)Oc1ccc(NC(N)=NCc2cccnc2OCC(F)F)cc1. The number of aromatic nitrogens is 1. The van der Waals surface area contributed by atoms with Gasteiger partial charge in [0, 0.05) is 17.4 Å². The highest BCUT2D eigenvalue weighted by Gasteiger charge is 2.08. The van der Waals surface area contributed by atoms with Gasteiger partial charge >= 0.3 is 0 Å². The topological polar surface area (TPSA) is 81.8 Å². The molecule has 26 heavy (non-hydrogen) atoms. The number of nitrogens with one attached hydrogen (secondary N) is 1. The van der Waals surface area contributed by atoms with Gasteiger partial charge in [-0.1, -0.05) is 6.07 Å². The third-order valence-electron chi connectivity index (χ3n) is 3.11. The highest BCUT2D eigenvalue weighted by Crippen LogP contribution is 2.18. The van der Waals surface area contributed by atoms with Crippen molar-refractivity contribution in [3.8, 4) is 11.6 Å². The number of nitrogens with zero attached hydrogens (tertiary/aromatic N) is 2. The molecule has 1 heterocycles. The molecule has 0 radical (unpaired) electrons. The minimum Gasteiger partial charge on any atom is -0.491 e. The van der Waals surface area contributed by atoms with Crippen molar-refractivity contribution < 1.29 is 18.3 Å². The molecule has 2 rings (SSSR count). The maximum absolute atomic E-state index is 12.3. The molecule has 0 fully saturated rings. The minimum absolute atomic E-state index is 0.0985. The average Bonchev–Trinajstić information content (AvgIpc) is 2.60. The van der Waals surface area contributed by atoms with Crippen LogP contribution in [0.4, 0.5) is 14.5 Å². The average molecular weight is 364 g/mol. The van der Waals surface area contributed by atoms with Gasteiger partial charge in [-0.05, 0) is 44.2 Å². The highest BCUT2D eigenvalue weighted by atomic mass is 19.3. The molecule has 0 aliphatic heterocycles. The zero-order valence-corrected chi connectivity index (χ0v) is 14.7. The van der Waals surface area contributed by atoms with Crippen LogP contribution in [0.3, 0.4) is 0 Å². The van der Waals surface area contributed by atoms with Crippen molar-refractivity contribution in [2.75, 3.05) is 11.9 Å². The Morgan fingerprint density at radius 2 is 1.96 bits per heavy atom. The van der Waals surface area contributed by atoms with E-state index in [2.05, 4.69) is 15.3 Å². The number of halogens is 2. The van der Waals surface area contributed by atoms with Crippen molar-refractivity contribution in [3.05, 3.63) is 48.2 Å². The summed E-state index contributed by atoms with van der Waals surface area (Å²) < 4.78 is 35.1. The van der Waals surface area contributed by atoms with Crippen LogP contribution in [0.15, 0.2) is 47.6 Å². The van der Waals surface area contributed by atoms with Crippen LogP contribution in [-0.4, -0.2) is 30.1 Å². The van der Waals surface area contributed by atoms with Crippen LogP contribution in [0.1, 0.15) is 19.4 Å². The van der Waals surface area contributed by atoms with E-state index in [-0.39, 0.29) is 24.5 Å². The predicted octanol–water partition coefficient (Wildman–Crippen LogP) is 3.44. The summed E-state index contributed by atoms with van der Waals surface area (Å²) >= 11 is 0. The van der Waals surface area contributed by atoms with Gasteiger partial charge < -0.3 is 20.5 Å². The van der Waals surface area contributed by atoms with Gasteiger partial charge in [-0.3, -0.25) is 0 Å². The normalized spacial score (nSPS) is 11.7. The zero-order valence-electron chi connectivity index (χ0n) is 14.7. The molecule has 3 N–H and O–H groups in total. The molecule has 8 heteroatoms. The van der Waals surface area contributed by atoms with Crippen LogP contribution >= 0.6 is 0 Å². The fourth-order valence-corrected chi connectivity index (χ4v) is 2.06. The molecule has 0 bridgehead atoms. The lowest BCUT2D eigenvalue weighted by Gasteiger charge is -2.11. The molecule has 0 aliphatic carbocycles. The molecule has 1 aromatic carbocycles. The Kier molecular flexibility index (Phi) is 7.13. The van der Waals surface area contributed by atoms with E-state index in [1.165, 1.54) is 6.20 Å². The second-order valence-corrected chi connectivity index (χ2v) is 5.69. The molecule has 0 amide bonds. The van der Waals surface area contributed by atoms with Crippen LogP contribution < -0.4 is 20.5 Å². The van der Waals surface area contributed by atoms with E-state index in [1.54, 1.807) is 12.1 Å². The van der Waals surface area contributed by atoms with E-state index >= 15 is 0 Å². The molecule has 2 aromatic rings. The van der Waals surface area contributed by atoms with Gasteiger partial charge in [0.05, 0.1) is 12.6 Å². The Morgan fingerprint density at radius 1 is 1.23 bits per heavy atom. The number of alkyl halides is 2. The van der Waals surface area contributed by atoms with Gasteiger partial charge in [-0.2, -0.15) is 0 Å². The molecule has 0 aliphatic rings. The second kappa shape index (κ2) is 9.55. The molecule has 0 atom stereocenters. The van der Waals surface area contributed by atoms with Gasteiger partial charge in [0.25, 0.3) is 6.43 Å². The Morgan fingerprint density at radius 3 is 2.62 bits per heavy atom. The summed E-state index contributed by atoms with van der Waals surface area (Å²) in [5.41, 5.74) is 7.19. The smallest absolute Gasteiger partial charge is 0.272 e. The van der Waals surface area contributed by atoms with Gasteiger partial charge in [0.1, 0.15) is 5.75 Å². The fourth-order valence-electron chi connectivity index (χ4n) is 2.06. The van der Waals surface area contributed by atoms with Crippen molar-refractivity contribution in [2.45, 2.75) is 32.9 Å². The summed E-state index contributed by atoms with van der Waals surface area (Å²) in [4.78, 5) is 8.14. The summed E-state index contributed by atoms with van der Waals surface area (Å²) in [7, 11) is 0. The first-order valence-electron chi connectivity index (χ1n) is 8.12. The van der Waals surface area contributed by atoms with Crippen molar-refractivity contribution in [2.24, 2.45) is 10.7 Å². The summed E-state index contributed by atoms with van der Waals surface area (Å²) in [5.74, 6) is 1.07. The maximum Gasteiger partial charge on any atom is 0.272 e. The molecule has 140 valence electrons. The number of nitrogens with two attached hydrogens (primary N) is 1. The molecule has 0 saturated carbocycles. The van der Waals surface area contributed by atoms with Crippen LogP contribution in [-0.2, 0) is 6.54 Å². The monoisotopic (exact) mass is 364 g/mol. The van der Waals surface area contributed by atoms with Gasteiger partial charge in [0.2, 0.25) is 5.88 Å². The predicted molar refractivity (Wildman–Crippen MR) is 96.9 cm³/mol. The van der Waals surface area contributed by atoms with Crippen molar-refractivity contribution >= 4 is 11.6 Å². The Labute approximate surface area is 151 Å². The number of aliphatic imine (C=N–C) groups is 1. The number of guanidine groups is 1. The van der Waals surface area contributed by atoms with Crippen molar-refractivity contribution in [3.63, 3.8) is 0 Å². The second-order valence-electron chi connectivity index (χ2n) is 5.69. The number of rotatable bonds is 8. The van der Waals surface area contributed by atoms with E-state index in [0.29, 0.717) is 5.56 Å². The Balaban J connectivity index is 1.96. The van der Waals surface area contributed by atoms with E-state index in [1.807, 2.05) is 38.1 Å². The lowest BCUT2D eigenvalue weighted by molar-refractivity contribution is 0.0791. The number of anilines is 1. The summed E-state index contributed by atoms with van der Waals surface area (Å²) in [6.45, 7) is 3.34. The quantitative estimate of drug-likeness (QED) is 0.554. The Bertz CT molecular complexity index is 721. The Hall–Kier alpha value is -2.90. The lowest BCUT2D eigenvalue weighted by atomic mass is 10.3. The number of ether oxygens (including phenoxy) is 2. The molecule has 0 spiro atoms.